The molecule has 0 heterocycles. The molecule has 0 radical (unpaired) electrons. The highest BCUT2D eigenvalue weighted by Gasteiger charge is 2.04. The monoisotopic (exact) mass is 169 g/mol. The number of nitrogens with one attached hydrogen (secondary N) is 1. The van der Waals surface area contributed by atoms with Crippen molar-refractivity contribution < 1.29 is 10.3 Å². The Bertz CT molecular complexity index is 275. The number of carbonyl (C=O) groups excluding carboxylic acids is 1. The SMILES string of the molecule is NNC(=O)c1ccccc1N.O. The largest absolute Gasteiger partial charge is 0.412 e. The summed E-state index contributed by atoms with van der Waals surface area (Å²) >= 11 is 0. The molecular formula is C7H11N3O2. The van der Waals surface area contributed by atoms with Crippen LogP contribution in [0.4, 0.5) is 5.69 Å². The summed E-state index contributed by atoms with van der Waals surface area (Å²) < 4.78 is 0. The molecule has 0 atom stereocenters. The predicted octanol–water partition coefficient (Wildman–Crippen LogP) is -0.952. The maximum absolute atomic E-state index is 10.9. The van der Waals surface area contributed by atoms with Gasteiger partial charge in [-0.1, -0.05) is 12.1 Å². The molecule has 66 valence electrons. The lowest BCUT2D eigenvalue weighted by Crippen LogP contribution is -2.30. The topological polar surface area (TPSA) is 113 Å². The van der Waals surface area contributed by atoms with Crippen LogP contribution < -0.4 is 17.0 Å². The van der Waals surface area contributed by atoms with Crippen LogP contribution in [0.3, 0.4) is 0 Å². The molecule has 5 nitrogen and oxygen atoms in total. The molecule has 0 aliphatic carbocycles. The molecule has 7 N–H and O–H groups in total. The van der Waals surface area contributed by atoms with E-state index in [1.165, 1.54) is 0 Å². The van der Waals surface area contributed by atoms with Gasteiger partial charge in [0.05, 0.1) is 5.56 Å². The van der Waals surface area contributed by atoms with Gasteiger partial charge in [0.1, 0.15) is 0 Å². The highest BCUT2D eigenvalue weighted by atomic mass is 16.2. The van der Waals surface area contributed by atoms with Gasteiger partial charge in [-0.15, -0.1) is 0 Å². The molecule has 0 aliphatic heterocycles. The molecule has 0 saturated carbocycles. The fourth-order valence-corrected chi connectivity index (χ4v) is 0.782. The van der Waals surface area contributed by atoms with E-state index in [-0.39, 0.29) is 11.4 Å². The smallest absolute Gasteiger partial charge is 0.267 e. The fourth-order valence-electron chi connectivity index (χ4n) is 0.782. The number of nitrogen functional groups attached to an aromatic ring is 2. The zero-order chi connectivity index (χ0) is 8.27. The van der Waals surface area contributed by atoms with E-state index in [0.29, 0.717) is 11.3 Å². The van der Waals surface area contributed by atoms with Gasteiger partial charge >= 0.3 is 0 Å². The zero-order valence-corrected chi connectivity index (χ0v) is 6.37. The summed E-state index contributed by atoms with van der Waals surface area (Å²) in [6, 6.07) is 6.73. The van der Waals surface area contributed by atoms with Crippen molar-refractivity contribution in [2.24, 2.45) is 5.84 Å². The van der Waals surface area contributed by atoms with Gasteiger partial charge in [0.15, 0.2) is 0 Å². The first-order valence-corrected chi connectivity index (χ1v) is 3.11. The first-order chi connectivity index (χ1) is 5.25. The minimum Gasteiger partial charge on any atom is -0.412 e. The van der Waals surface area contributed by atoms with Gasteiger partial charge in [-0.25, -0.2) is 5.84 Å². The van der Waals surface area contributed by atoms with Crippen LogP contribution >= 0.6 is 0 Å². The Morgan fingerprint density at radius 1 is 1.33 bits per heavy atom. The van der Waals surface area contributed by atoms with Gasteiger partial charge in [-0.3, -0.25) is 10.2 Å². The van der Waals surface area contributed by atoms with Crippen molar-refractivity contribution in [3.8, 4) is 0 Å². The van der Waals surface area contributed by atoms with E-state index in [4.69, 9.17) is 11.6 Å². The standard InChI is InChI=1S/C7H9N3O.H2O/c8-6-4-2-1-3-5(6)7(11)10-9;/h1-4H,8-9H2,(H,10,11);1H2. The molecule has 0 unspecified atom stereocenters. The van der Waals surface area contributed by atoms with E-state index in [9.17, 15) is 4.79 Å². The van der Waals surface area contributed by atoms with E-state index < -0.39 is 0 Å². The fraction of sp³-hybridized carbons (Fsp3) is 0. The average molecular weight is 169 g/mol. The molecule has 0 fully saturated rings. The number of rotatable bonds is 1. The van der Waals surface area contributed by atoms with Crippen LogP contribution in [-0.4, -0.2) is 11.4 Å². The van der Waals surface area contributed by atoms with Gasteiger partial charge in [0.2, 0.25) is 0 Å². The van der Waals surface area contributed by atoms with E-state index in [2.05, 4.69) is 0 Å². The molecule has 1 rings (SSSR count). The number of hydrogen-bond acceptors (Lipinski definition) is 3. The lowest BCUT2D eigenvalue weighted by Gasteiger charge is -2.01. The second-order valence-electron chi connectivity index (χ2n) is 2.06. The minimum absolute atomic E-state index is 0. The summed E-state index contributed by atoms with van der Waals surface area (Å²) in [7, 11) is 0. The molecule has 0 spiro atoms. The third-order valence-electron chi connectivity index (χ3n) is 1.34. The van der Waals surface area contributed by atoms with Gasteiger partial charge in [0.25, 0.3) is 5.91 Å². The second-order valence-corrected chi connectivity index (χ2v) is 2.06. The molecule has 5 heteroatoms. The van der Waals surface area contributed by atoms with Crippen molar-refractivity contribution in [2.75, 3.05) is 5.73 Å². The van der Waals surface area contributed by atoms with Gasteiger partial charge in [0, 0.05) is 5.69 Å². The summed E-state index contributed by atoms with van der Waals surface area (Å²) in [5, 5.41) is 0. The van der Waals surface area contributed by atoms with Gasteiger partial charge < -0.3 is 11.2 Å². The van der Waals surface area contributed by atoms with Crippen molar-refractivity contribution in [1.29, 1.82) is 0 Å². The maximum Gasteiger partial charge on any atom is 0.267 e. The van der Waals surface area contributed by atoms with Crippen molar-refractivity contribution in [2.45, 2.75) is 0 Å². The van der Waals surface area contributed by atoms with E-state index >= 15 is 0 Å². The zero-order valence-electron chi connectivity index (χ0n) is 6.37. The number of anilines is 1. The number of carbonyl (C=O) groups is 1. The maximum atomic E-state index is 10.9. The Balaban J connectivity index is 0.00000121. The minimum atomic E-state index is -0.372. The Labute approximate surface area is 69.6 Å². The molecule has 0 aliphatic rings. The summed E-state index contributed by atoms with van der Waals surface area (Å²) in [6.07, 6.45) is 0. The summed E-state index contributed by atoms with van der Waals surface area (Å²) in [6.45, 7) is 0. The van der Waals surface area contributed by atoms with Crippen LogP contribution in [0.5, 0.6) is 0 Å². The van der Waals surface area contributed by atoms with Gasteiger partial charge in [-0.2, -0.15) is 0 Å². The molecule has 1 aromatic carbocycles. The quantitative estimate of drug-likeness (QED) is 0.218. The molecule has 0 saturated heterocycles. The Morgan fingerprint density at radius 3 is 2.42 bits per heavy atom. The van der Waals surface area contributed by atoms with Crippen LogP contribution in [-0.2, 0) is 0 Å². The van der Waals surface area contributed by atoms with E-state index in [0.717, 1.165) is 0 Å². The highest BCUT2D eigenvalue weighted by molar-refractivity contribution is 5.98. The molecule has 1 amide bonds. The predicted molar refractivity (Wildman–Crippen MR) is 46.1 cm³/mol. The second kappa shape index (κ2) is 4.32. The Morgan fingerprint density at radius 2 is 1.92 bits per heavy atom. The number of nitrogens with two attached hydrogens (primary N) is 2. The Kier molecular flexibility index (Phi) is 3.75. The van der Waals surface area contributed by atoms with Crippen molar-refractivity contribution in [3.05, 3.63) is 29.8 Å². The van der Waals surface area contributed by atoms with Crippen molar-refractivity contribution >= 4 is 11.6 Å². The molecule has 0 aromatic heterocycles. The third-order valence-corrected chi connectivity index (χ3v) is 1.34. The van der Waals surface area contributed by atoms with Crippen molar-refractivity contribution in [1.82, 2.24) is 5.43 Å². The average Bonchev–Trinajstić information content (AvgIpc) is 2.04. The van der Waals surface area contributed by atoms with E-state index in [1.807, 2.05) is 5.43 Å². The number of hydrazine groups is 1. The summed E-state index contributed by atoms with van der Waals surface area (Å²) in [5.74, 6) is 4.55. The highest BCUT2D eigenvalue weighted by Crippen LogP contribution is 2.08. The number of para-hydroxylation sites is 1. The van der Waals surface area contributed by atoms with Crippen LogP contribution in [0.15, 0.2) is 24.3 Å². The van der Waals surface area contributed by atoms with Crippen molar-refractivity contribution in [3.63, 3.8) is 0 Å². The number of amides is 1. The van der Waals surface area contributed by atoms with Crippen LogP contribution in [0.2, 0.25) is 0 Å². The summed E-state index contributed by atoms with van der Waals surface area (Å²) in [4.78, 5) is 10.9. The van der Waals surface area contributed by atoms with E-state index in [1.54, 1.807) is 24.3 Å². The molecular weight excluding hydrogens is 158 g/mol. The number of benzene rings is 1. The molecule has 1 aromatic rings. The summed E-state index contributed by atoms with van der Waals surface area (Å²) in [5.41, 5.74) is 8.31. The first kappa shape index (κ1) is 10.4. The van der Waals surface area contributed by atoms with Gasteiger partial charge in [-0.05, 0) is 12.1 Å². The lowest BCUT2D eigenvalue weighted by atomic mass is 10.2. The first-order valence-electron chi connectivity index (χ1n) is 3.11. The third kappa shape index (κ3) is 1.94. The van der Waals surface area contributed by atoms with Crippen LogP contribution in [0.1, 0.15) is 10.4 Å². The normalized spacial score (nSPS) is 8.42. The number of hydrogen-bond donors (Lipinski definition) is 3. The molecule has 12 heavy (non-hydrogen) atoms. The lowest BCUT2D eigenvalue weighted by molar-refractivity contribution is 0.0954. The van der Waals surface area contributed by atoms with Crippen LogP contribution in [0.25, 0.3) is 0 Å². The Hall–Kier alpha value is -1.59. The van der Waals surface area contributed by atoms with Crippen LogP contribution in [0, 0.1) is 0 Å². The molecule has 0 bridgehead atoms.